The predicted octanol–water partition coefficient (Wildman–Crippen LogP) is 0.446. The first kappa shape index (κ1) is 13.4. The van der Waals surface area contributed by atoms with Crippen LogP contribution in [0.1, 0.15) is 0 Å². The molecule has 0 spiro atoms. The molecule has 0 bridgehead atoms. The van der Waals surface area contributed by atoms with Crippen molar-refractivity contribution in [2.24, 2.45) is 0 Å². The molecule has 2 aromatic carbocycles. The summed E-state index contributed by atoms with van der Waals surface area (Å²) in [5.41, 5.74) is 0. The molecule has 0 amide bonds. The van der Waals surface area contributed by atoms with E-state index in [1.54, 1.807) is 0 Å². The molecule has 2 aromatic rings. The largest absolute Gasteiger partial charge is 0.356 e. The minimum atomic E-state index is -4.32. The highest BCUT2D eigenvalue weighted by Gasteiger charge is 2.19. The van der Waals surface area contributed by atoms with Crippen LogP contribution >= 0.6 is 15.2 Å². The summed E-state index contributed by atoms with van der Waals surface area (Å²) in [5, 5.41) is 0.763. The van der Waals surface area contributed by atoms with E-state index in [1.807, 2.05) is 0 Å². The molecule has 96 valence electrons. The van der Waals surface area contributed by atoms with E-state index < -0.39 is 15.2 Å². The van der Waals surface area contributed by atoms with Gasteiger partial charge < -0.3 is 19.6 Å². The summed E-state index contributed by atoms with van der Waals surface area (Å²) >= 11 is 0. The molecule has 2 rings (SSSR count). The lowest BCUT2D eigenvalue weighted by Crippen LogP contribution is -2.06. The van der Waals surface area contributed by atoms with Gasteiger partial charge in [0.2, 0.25) is 0 Å². The third kappa shape index (κ3) is 2.70. The predicted molar refractivity (Wildman–Crippen MR) is 67.3 cm³/mol. The van der Waals surface area contributed by atoms with Gasteiger partial charge in [-0.05, 0) is 35.0 Å². The molecule has 0 aromatic heterocycles. The molecule has 18 heavy (non-hydrogen) atoms. The van der Waals surface area contributed by atoms with E-state index in [0.717, 1.165) is 0 Å². The van der Waals surface area contributed by atoms with E-state index in [4.69, 9.17) is 19.6 Å². The van der Waals surface area contributed by atoms with Crippen LogP contribution < -0.4 is 10.6 Å². The molecule has 0 heterocycles. The van der Waals surface area contributed by atoms with Crippen LogP contribution in [0.25, 0.3) is 10.8 Å². The van der Waals surface area contributed by atoms with Gasteiger partial charge in [-0.2, -0.15) is 0 Å². The van der Waals surface area contributed by atoms with Crippen molar-refractivity contribution in [2.45, 2.75) is 0 Å². The zero-order valence-electron chi connectivity index (χ0n) is 8.96. The van der Waals surface area contributed by atoms with Crippen LogP contribution in [-0.4, -0.2) is 19.6 Å². The van der Waals surface area contributed by atoms with Crippen molar-refractivity contribution < 1.29 is 28.7 Å². The summed E-state index contributed by atoms with van der Waals surface area (Å²) in [7, 11) is -8.64. The van der Waals surface area contributed by atoms with E-state index in [1.165, 1.54) is 36.4 Å². The van der Waals surface area contributed by atoms with Crippen molar-refractivity contribution in [2.75, 3.05) is 0 Å². The Balaban J connectivity index is 2.63. The topological polar surface area (TPSA) is 115 Å². The first-order valence-electron chi connectivity index (χ1n) is 4.84. The third-order valence-electron chi connectivity index (χ3n) is 2.48. The van der Waals surface area contributed by atoms with Crippen molar-refractivity contribution in [1.82, 2.24) is 0 Å². The minimum absolute atomic E-state index is 0.126. The van der Waals surface area contributed by atoms with Crippen LogP contribution in [0, 0.1) is 0 Å². The van der Waals surface area contributed by atoms with Gasteiger partial charge in [-0.25, -0.2) is 0 Å². The van der Waals surface area contributed by atoms with Crippen molar-refractivity contribution in [3.05, 3.63) is 36.4 Å². The maximum atomic E-state index is 11.1. The number of hydrogen-bond donors (Lipinski definition) is 4. The Morgan fingerprint density at radius 1 is 0.667 bits per heavy atom. The molecular formula is C10H10O6P2. The second-order valence-corrected chi connectivity index (χ2v) is 7.01. The summed E-state index contributed by atoms with van der Waals surface area (Å²) < 4.78 is 22.1. The molecule has 6 nitrogen and oxygen atoms in total. The molecule has 8 heteroatoms. The Hall–Kier alpha value is -1.00. The van der Waals surface area contributed by atoms with Crippen LogP contribution in [0.5, 0.6) is 0 Å². The average Bonchev–Trinajstić information content (AvgIpc) is 2.25. The zero-order chi connectivity index (χ0) is 13.6. The monoisotopic (exact) mass is 288 g/mol. The summed E-state index contributed by atoms with van der Waals surface area (Å²) in [6.45, 7) is 0. The smallest absolute Gasteiger partial charge is 0.321 e. The molecular weight excluding hydrogens is 278 g/mol. The lowest BCUT2D eigenvalue weighted by atomic mass is 10.1. The van der Waals surface area contributed by atoms with Crippen molar-refractivity contribution in [3.8, 4) is 0 Å². The van der Waals surface area contributed by atoms with Gasteiger partial charge in [0.05, 0.1) is 10.6 Å². The quantitative estimate of drug-likeness (QED) is 0.596. The van der Waals surface area contributed by atoms with Crippen LogP contribution in [0.2, 0.25) is 0 Å². The van der Waals surface area contributed by atoms with E-state index in [0.29, 0.717) is 10.8 Å². The Morgan fingerprint density at radius 2 is 1.00 bits per heavy atom. The Kier molecular flexibility index (Phi) is 3.19. The van der Waals surface area contributed by atoms with Crippen LogP contribution in [0.4, 0.5) is 0 Å². The van der Waals surface area contributed by atoms with Gasteiger partial charge in [0.15, 0.2) is 0 Å². The number of rotatable bonds is 2. The van der Waals surface area contributed by atoms with Gasteiger partial charge in [0.25, 0.3) is 0 Å². The Labute approximate surface area is 102 Å². The summed E-state index contributed by atoms with van der Waals surface area (Å²) in [6, 6.07) is 7.93. The molecule has 0 saturated heterocycles. The molecule has 0 aliphatic heterocycles. The van der Waals surface area contributed by atoms with E-state index >= 15 is 0 Å². The fourth-order valence-corrected chi connectivity index (χ4v) is 2.73. The highest BCUT2D eigenvalue weighted by molar-refractivity contribution is 7.60. The van der Waals surface area contributed by atoms with Crippen molar-refractivity contribution >= 4 is 36.6 Å². The first-order valence-corrected chi connectivity index (χ1v) is 8.06. The van der Waals surface area contributed by atoms with Crippen LogP contribution in [-0.2, 0) is 9.13 Å². The van der Waals surface area contributed by atoms with Gasteiger partial charge in [-0.3, -0.25) is 9.13 Å². The standard InChI is InChI=1S/C10H10O6P2/c11-17(12,13)9-3-1-7-5-10(18(14,15)16)4-2-8(7)6-9/h1-6H,(H2,11,12,13)(H2,14,15,16). The first-order chi connectivity index (χ1) is 8.18. The lowest BCUT2D eigenvalue weighted by molar-refractivity contribution is 0.385. The second kappa shape index (κ2) is 4.28. The van der Waals surface area contributed by atoms with Crippen molar-refractivity contribution in [1.29, 1.82) is 0 Å². The Bertz CT molecular complexity index is 637. The fraction of sp³-hybridized carbons (Fsp3) is 0. The molecule has 0 radical (unpaired) electrons. The van der Waals surface area contributed by atoms with E-state index in [2.05, 4.69) is 0 Å². The molecule has 0 aliphatic carbocycles. The Morgan fingerprint density at radius 3 is 1.28 bits per heavy atom. The third-order valence-corrected chi connectivity index (χ3v) is 4.38. The van der Waals surface area contributed by atoms with E-state index in [9.17, 15) is 9.13 Å². The second-order valence-electron chi connectivity index (χ2n) is 3.80. The minimum Gasteiger partial charge on any atom is -0.321 e. The van der Waals surface area contributed by atoms with Gasteiger partial charge in [0.1, 0.15) is 0 Å². The normalized spacial score (nSPS) is 12.9. The molecule has 0 atom stereocenters. The molecule has 4 N–H and O–H groups in total. The van der Waals surface area contributed by atoms with Gasteiger partial charge in [-0.1, -0.05) is 12.1 Å². The van der Waals surface area contributed by atoms with E-state index in [-0.39, 0.29) is 10.6 Å². The maximum Gasteiger partial charge on any atom is 0.356 e. The molecule has 0 saturated carbocycles. The number of benzene rings is 2. The summed E-state index contributed by atoms with van der Waals surface area (Å²) in [4.78, 5) is 36.1. The highest BCUT2D eigenvalue weighted by Crippen LogP contribution is 2.36. The molecule has 0 unspecified atom stereocenters. The van der Waals surface area contributed by atoms with Crippen LogP contribution in [0.3, 0.4) is 0 Å². The lowest BCUT2D eigenvalue weighted by Gasteiger charge is -2.08. The van der Waals surface area contributed by atoms with Gasteiger partial charge in [0, 0.05) is 0 Å². The fourth-order valence-electron chi connectivity index (χ4n) is 1.58. The molecule has 0 aliphatic rings. The SMILES string of the molecule is O=P(O)(O)c1ccc2cc(P(=O)(O)O)ccc2c1. The number of hydrogen-bond acceptors (Lipinski definition) is 2. The molecule has 0 fully saturated rings. The summed E-state index contributed by atoms with van der Waals surface area (Å²) in [6.07, 6.45) is 0. The van der Waals surface area contributed by atoms with Gasteiger partial charge in [-0.15, -0.1) is 0 Å². The van der Waals surface area contributed by atoms with Gasteiger partial charge >= 0.3 is 15.2 Å². The average molecular weight is 288 g/mol. The number of fused-ring (bicyclic) bond motifs is 1. The zero-order valence-corrected chi connectivity index (χ0v) is 10.8. The van der Waals surface area contributed by atoms with Crippen LogP contribution in [0.15, 0.2) is 36.4 Å². The maximum absolute atomic E-state index is 11.1. The highest BCUT2D eigenvalue weighted by atomic mass is 31.2. The van der Waals surface area contributed by atoms with Crippen molar-refractivity contribution in [3.63, 3.8) is 0 Å². The summed E-state index contributed by atoms with van der Waals surface area (Å²) in [5.74, 6) is 0.